The van der Waals surface area contributed by atoms with E-state index >= 15 is 0 Å². The molecule has 2 rings (SSSR count). The molecule has 1 fully saturated rings. The second kappa shape index (κ2) is 10.4. The molecule has 1 aromatic heterocycles. The number of rotatable bonds is 7. The highest BCUT2D eigenvalue weighted by molar-refractivity contribution is 14.0. The number of nitrogens with one attached hydrogen (secondary N) is 2. The minimum atomic E-state index is -3.34. The van der Waals surface area contributed by atoms with Gasteiger partial charge in [0.05, 0.1) is 5.25 Å². The SMILES string of the molecule is C=CCNC(=NCc1nnc(C)n1C)N1CCC(S(=O)(=O)NC(C)C)C1.I. The van der Waals surface area contributed by atoms with Gasteiger partial charge in [0.2, 0.25) is 10.0 Å². The van der Waals surface area contributed by atoms with Crippen LogP contribution in [0.5, 0.6) is 0 Å². The fraction of sp³-hybridized carbons (Fsp3) is 0.688. The van der Waals surface area contributed by atoms with Gasteiger partial charge in [-0.05, 0) is 27.2 Å². The summed E-state index contributed by atoms with van der Waals surface area (Å²) in [5.74, 6) is 2.24. The Balaban J connectivity index is 0.00000364. The van der Waals surface area contributed by atoms with Crippen LogP contribution in [-0.4, -0.2) is 65.0 Å². The van der Waals surface area contributed by atoms with Crippen LogP contribution in [0.3, 0.4) is 0 Å². The molecule has 1 aliphatic heterocycles. The van der Waals surface area contributed by atoms with E-state index in [2.05, 4.69) is 31.8 Å². The lowest BCUT2D eigenvalue weighted by Crippen LogP contribution is -2.43. The van der Waals surface area contributed by atoms with E-state index in [4.69, 9.17) is 0 Å². The van der Waals surface area contributed by atoms with Crippen molar-refractivity contribution in [2.75, 3.05) is 19.6 Å². The van der Waals surface area contributed by atoms with Crippen molar-refractivity contribution in [1.82, 2.24) is 29.7 Å². The molecule has 11 heteroatoms. The third-order valence-electron chi connectivity index (χ3n) is 4.24. The van der Waals surface area contributed by atoms with Crippen LogP contribution in [0.25, 0.3) is 0 Å². The lowest BCUT2D eigenvalue weighted by Gasteiger charge is -2.22. The Morgan fingerprint density at radius 1 is 1.44 bits per heavy atom. The standard InChI is InChI=1S/C16H29N7O2S.HI/c1-6-8-17-16(18-10-15-20-19-13(4)22(15)5)23-9-7-14(11-23)26(24,25)21-12(2)3;/h6,12,14,21H,1,7-11H2,2-5H3,(H,17,18);1H. The molecular formula is C16H30IN7O2S. The van der Waals surface area contributed by atoms with Crippen molar-refractivity contribution in [2.24, 2.45) is 12.0 Å². The van der Waals surface area contributed by atoms with Crippen LogP contribution in [0.4, 0.5) is 0 Å². The largest absolute Gasteiger partial charge is 0.353 e. The van der Waals surface area contributed by atoms with Crippen molar-refractivity contribution < 1.29 is 8.42 Å². The van der Waals surface area contributed by atoms with E-state index in [1.54, 1.807) is 6.08 Å². The minimum Gasteiger partial charge on any atom is -0.353 e. The first kappa shape index (κ1) is 23.8. The Morgan fingerprint density at radius 2 is 2.15 bits per heavy atom. The number of aromatic nitrogens is 3. The molecular weight excluding hydrogens is 481 g/mol. The summed E-state index contributed by atoms with van der Waals surface area (Å²) in [6, 6.07) is -0.111. The predicted molar refractivity (Wildman–Crippen MR) is 118 cm³/mol. The molecule has 1 aromatic rings. The van der Waals surface area contributed by atoms with Gasteiger partial charge >= 0.3 is 0 Å². The van der Waals surface area contributed by atoms with Gasteiger partial charge in [-0.2, -0.15) is 0 Å². The molecule has 0 saturated carbocycles. The summed E-state index contributed by atoms with van der Waals surface area (Å²) >= 11 is 0. The Hall–Kier alpha value is -1.21. The second-order valence-electron chi connectivity index (χ2n) is 6.71. The lowest BCUT2D eigenvalue weighted by atomic mass is 10.4. The summed E-state index contributed by atoms with van der Waals surface area (Å²) in [5, 5.41) is 10.9. The fourth-order valence-electron chi connectivity index (χ4n) is 2.76. The fourth-order valence-corrected chi connectivity index (χ4v) is 4.41. The summed E-state index contributed by atoms with van der Waals surface area (Å²) in [6.07, 6.45) is 2.31. The van der Waals surface area contributed by atoms with E-state index in [-0.39, 0.29) is 30.0 Å². The molecule has 154 valence electrons. The highest BCUT2D eigenvalue weighted by atomic mass is 127. The number of likely N-dealkylation sites (tertiary alicyclic amines) is 1. The van der Waals surface area contributed by atoms with Crippen molar-refractivity contribution in [3.63, 3.8) is 0 Å². The first-order chi connectivity index (χ1) is 12.2. The number of hydrogen-bond acceptors (Lipinski definition) is 5. The monoisotopic (exact) mass is 511 g/mol. The maximum Gasteiger partial charge on any atom is 0.216 e. The maximum absolute atomic E-state index is 12.4. The topological polar surface area (TPSA) is 105 Å². The van der Waals surface area contributed by atoms with Crippen molar-refractivity contribution in [3.8, 4) is 0 Å². The Kier molecular flexibility index (Phi) is 9.15. The lowest BCUT2D eigenvalue weighted by molar-refractivity contribution is 0.490. The van der Waals surface area contributed by atoms with E-state index in [0.29, 0.717) is 38.6 Å². The third-order valence-corrected chi connectivity index (χ3v) is 6.30. The molecule has 0 bridgehead atoms. The molecule has 0 amide bonds. The average Bonchev–Trinajstić information content (AvgIpc) is 3.16. The number of guanidine groups is 1. The normalized spacial score (nSPS) is 17.9. The Labute approximate surface area is 178 Å². The van der Waals surface area contributed by atoms with Gasteiger partial charge in [0, 0.05) is 32.7 Å². The van der Waals surface area contributed by atoms with Crippen LogP contribution in [0, 0.1) is 6.92 Å². The van der Waals surface area contributed by atoms with Crippen molar-refractivity contribution in [2.45, 2.75) is 45.0 Å². The zero-order valence-corrected chi connectivity index (χ0v) is 19.5. The maximum atomic E-state index is 12.4. The predicted octanol–water partition coefficient (Wildman–Crippen LogP) is 0.775. The zero-order chi connectivity index (χ0) is 19.3. The molecule has 27 heavy (non-hydrogen) atoms. The molecule has 1 atom stereocenters. The number of hydrogen-bond donors (Lipinski definition) is 2. The van der Waals surface area contributed by atoms with E-state index in [9.17, 15) is 8.42 Å². The van der Waals surface area contributed by atoms with Crippen LogP contribution in [0.2, 0.25) is 0 Å². The van der Waals surface area contributed by atoms with Crippen molar-refractivity contribution in [1.29, 1.82) is 0 Å². The van der Waals surface area contributed by atoms with Crippen LogP contribution >= 0.6 is 24.0 Å². The molecule has 0 aromatic carbocycles. The Morgan fingerprint density at radius 3 is 2.70 bits per heavy atom. The first-order valence-electron chi connectivity index (χ1n) is 8.74. The van der Waals surface area contributed by atoms with Gasteiger partial charge < -0.3 is 14.8 Å². The number of nitrogens with zero attached hydrogens (tertiary/aromatic N) is 5. The van der Waals surface area contributed by atoms with Crippen molar-refractivity contribution >= 4 is 40.0 Å². The van der Waals surface area contributed by atoms with Gasteiger partial charge in [-0.3, -0.25) is 0 Å². The van der Waals surface area contributed by atoms with Crippen molar-refractivity contribution in [3.05, 3.63) is 24.3 Å². The summed E-state index contributed by atoms with van der Waals surface area (Å²) in [6.45, 7) is 11.2. The van der Waals surface area contributed by atoms with Gasteiger partial charge in [0.1, 0.15) is 12.4 Å². The smallest absolute Gasteiger partial charge is 0.216 e. The molecule has 9 nitrogen and oxygen atoms in total. The number of aryl methyl sites for hydroxylation is 1. The van der Waals surface area contributed by atoms with Gasteiger partial charge in [0.25, 0.3) is 0 Å². The van der Waals surface area contributed by atoms with E-state index in [1.807, 2.05) is 37.3 Å². The molecule has 2 N–H and O–H groups in total. The third kappa shape index (κ3) is 6.42. The van der Waals surface area contributed by atoms with E-state index in [0.717, 1.165) is 11.6 Å². The highest BCUT2D eigenvalue weighted by Gasteiger charge is 2.34. The summed E-state index contributed by atoms with van der Waals surface area (Å²) < 4.78 is 29.4. The molecule has 0 aliphatic carbocycles. The van der Waals surface area contributed by atoms with Crippen LogP contribution in [0.15, 0.2) is 17.6 Å². The minimum absolute atomic E-state index is 0. The summed E-state index contributed by atoms with van der Waals surface area (Å²) in [7, 11) is -1.44. The van der Waals surface area contributed by atoms with Gasteiger partial charge in [-0.25, -0.2) is 18.1 Å². The second-order valence-corrected chi connectivity index (χ2v) is 8.70. The quantitative estimate of drug-likeness (QED) is 0.243. The Bertz CT molecular complexity index is 761. The van der Waals surface area contributed by atoms with Gasteiger partial charge in [-0.15, -0.1) is 40.8 Å². The van der Waals surface area contributed by atoms with Crippen LogP contribution in [0.1, 0.15) is 31.9 Å². The first-order valence-corrected chi connectivity index (χ1v) is 10.3. The molecule has 1 aliphatic rings. The number of sulfonamides is 1. The molecule has 1 unspecified atom stereocenters. The molecule has 0 spiro atoms. The van der Waals surface area contributed by atoms with Crippen LogP contribution in [-0.2, 0) is 23.6 Å². The molecule has 1 saturated heterocycles. The van der Waals surface area contributed by atoms with E-state index < -0.39 is 15.3 Å². The summed E-state index contributed by atoms with van der Waals surface area (Å²) in [4.78, 5) is 6.58. The molecule has 2 heterocycles. The van der Waals surface area contributed by atoms with Gasteiger partial charge in [-0.1, -0.05) is 6.08 Å². The van der Waals surface area contributed by atoms with Gasteiger partial charge in [0.15, 0.2) is 11.8 Å². The van der Waals surface area contributed by atoms with E-state index in [1.165, 1.54) is 0 Å². The van der Waals surface area contributed by atoms with Crippen LogP contribution < -0.4 is 10.0 Å². The number of halogens is 1. The number of aliphatic imine (C=N–C) groups is 1. The summed E-state index contributed by atoms with van der Waals surface area (Å²) in [5.41, 5.74) is 0. The molecule has 0 radical (unpaired) electrons. The highest BCUT2D eigenvalue weighted by Crippen LogP contribution is 2.17. The zero-order valence-electron chi connectivity index (χ0n) is 16.3. The average molecular weight is 511 g/mol.